The summed E-state index contributed by atoms with van der Waals surface area (Å²) in [5, 5.41) is 5.25. The van der Waals surface area contributed by atoms with Gasteiger partial charge in [-0.05, 0) is 36.4 Å². The number of nitrogens with one attached hydrogen (secondary N) is 2. The van der Waals surface area contributed by atoms with Crippen LogP contribution in [-0.4, -0.2) is 58.4 Å². The number of hydrogen-bond acceptors (Lipinski definition) is 6. The standard InChI is InChI=1S/C21H25N3O5/c1-27-16-6-8-17(9-7-16)29-13-10-22-20(25)21(26)23-18-4-2-3-5-19(18)24-11-14-28-15-12-24/h2-9H,10-15H2,1H3,(H,22,25)(H,23,26). The lowest BCUT2D eigenvalue weighted by Gasteiger charge is -2.30. The van der Waals surface area contributed by atoms with Crippen LogP contribution in [0.25, 0.3) is 0 Å². The minimum absolute atomic E-state index is 0.212. The highest BCUT2D eigenvalue weighted by Crippen LogP contribution is 2.26. The van der Waals surface area contributed by atoms with Crippen LogP contribution in [0.5, 0.6) is 11.5 Å². The molecule has 0 unspecified atom stereocenters. The number of morpholine rings is 1. The van der Waals surface area contributed by atoms with Gasteiger partial charge in [-0.3, -0.25) is 9.59 Å². The van der Waals surface area contributed by atoms with Gasteiger partial charge in [0.1, 0.15) is 18.1 Å². The van der Waals surface area contributed by atoms with Gasteiger partial charge in [-0.15, -0.1) is 0 Å². The summed E-state index contributed by atoms with van der Waals surface area (Å²) in [5.74, 6) is -0.0288. The molecule has 154 valence electrons. The maximum absolute atomic E-state index is 12.3. The van der Waals surface area contributed by atoms with Crippen molar-refractivity contribution in [1.82, 2.24) is 5.32 Å². The average molecular weight is 399 g/mol. The predicted octanol–water partition coefficient (Wildman–Crippen LogP) is 1.67. The number of rotatable bonds is 7. The minimum atomic E-state index is -0.713. The highest BCUT2D eigenvalue weighted by molar-refractivity contribution is 6.39. The molecule has 0 aliphatic carbocycles. The molecule has 1 heterocycles. The average Bonchev–Trinajstić information content (AvgIpc) is 2.78. The van der Waals surface area contributed by atoms with Gasteiger partial charge >= 0.3 is 11.8 Å². The second kappa shape index (κ2) is 10.3. The molecule has 1 saturated heterocycles. The number of ether oxygens (including phenoxy) is 3. The molecule has 0 radical (unpaired) electrons. The van der Waals surface area contributed by atoms with Crippen molar-refractivity contribution in [2.24, 2.45) is 0 Å². The first kappa shape index (κ1) is 20.5. The van der Waals surface area contributed by atoms with Crippen molar-refractivity contribution in [2.45, 2.75) is 0 Å². The Bertz CT molecular complexity index is 819. The van der Waals surface area contributed by atoms with Gasteiger partial charge in [0.2, 0.25) is 0 Å². The van der Waals surface area contributed by atoms with Crippen molar-refractivity contribution in [2.75, 3.05) is 56.8 Å². The Morgan fingerprint density at radius 1 is 1.00 bits per heavy atom. The number of carbonyl (C=O) groups excluding carboxylic acids is 2. The van der Waals surface area contributed by atoms with Crippen molar-refractivity contribution < 1.29 is 23.8 Å². The largest absolute Gasteiger partial charge is 0.497 e. The van der Waals surface area contributed by atoms with E-state index in [4.69, 9.17) is 14.2 Å². The van der Waals surface area contributed by atoms with Crippen LogP contribution in [0.3, 0.4) is 0 Å². The van der Waals surface area contributed by atoms with Crippen LogP contribution >= 0.6 is 0 Å². The Morgan fingerprint density at radius 3 is 2.41 bits per heavy atom. The van der Waals surface area contributed by atoms with Crippen LogP contribution in [0.1, 0.15) is 0 Å². The van der Waals surface area contributed by atoms with E-state index in [1.165, 1.54) is 0 Å². The molecule has 1 aliphatic heterocycles. The van der Waals surface area contributed by atoms with E-state index in [9.17, 15) is 9.59 Å². The van der Waals surface area contributed by atoms with Gasteiger partial charge in [0, 0.05) is 13.1 Å². The van der Waals surface area contributed by atoms with Gasteiger partial charge in [0.15, 0.2) is 0 Å². The lowest BCUT2D eigenvalue weighted by Crippen LogP contribution is -2.39. The maximum Gasteiger partial charge on any atom is 0.313 e. The maximum atomic E-state index is 12.3. The summed E-state index contributed by atoms with van der Waals surface area (Å²) in [5.41, 5.74) is 1.48. The number of para-hydroxylation sites is 2. The molecule has 29 heavy (non-hydrogen) atoms. The fourth-order valence-corrected chi connectivity index (χ4v) is 2.92. The van der Waals surface area contributed by atoms with Gasteiger partial charge < -0.3 is 29.7 Å². The van der Waals surface area contributed by atoms with Crippen LogP contribution in [0, 0.1) is 0 Å². The van der Waals surface area contributed by atoms with Crippen molar-refractivity contribution in [3.8, 4) is 11.5 Å². The molecular formula is C21H25N3O5. The topological polar surface area (TPSA) is 89.1 Å². The molecule has 0 saturated carbocycles. The zero-order chi connectivity index (χ0) is 20.5. The molecule has 3 rings (SSSR count). The third-order valence-corrected chi connectivity index (χ3v) is 4.43. The van der Waals surface area contributed by atoms with Crippen molar-refractivity contribution >= 4 is 23.2 Å². The molecule has 0 bridgehead atoms. The van der Waals surface area contributed by atoms with Crippen molar-refractivity contribution in [1.29, 1.82) is 0 Å². The summed E-state index contributed by atoms with van der Waals surface area (Å²) in [7, 11) is 1.59. The second-order valence-corrected chi connectivity index (χ2v) is 6.35. The number of hydrogen-bond donors (Lipinski definition) is 2. The van der Waals surface area contributed by atoms with E-state index in [-0.39, 0.29) is 13.2 Å². The molecule has 2 aromatic rings. The van der Waals surface area contributed by atoms with Crippen LogP contribution in [0.15, 0.2) is 48.5 Å². The van der Waals surface area contributed by atoms with Gasteiger partial charge in [-0.25, -0.2) is 0 Å². The predicted molar refractivity (Wildman–Crippen MR) is 110 cm³/mol. The zero-order valence-electron chi connectivity index (χ0n) is 16.3. The Labute approximate surface area is 169 Å². The van der Waals surface area contributed by atoms with Crippen LogP contribution < -0.4 is 25.0 Å². The van der Waals surface area contributed by atoms with E-state index in [1.807, 2.05) is 18.2 Å². The normalized spacial score (nSPS) is 13.5. The first-order valence-corrected chi connectivity index (χ1v) is 9.45. The molecule has 0 aromatic heterocycles. The van der Waals surface area contributed by atoms with E-state index >= 15 is 0 Å². The van der Waals surface area contributed by atoms with Gasteiger partial charge in [-0.1, -0.05) is 12.1 Å². The molecular weight excluding hydrogens is 374 g/mol. The number of carbonyl (C=O) groups is 2. The highest BCUT2D eigenvalue weighted by Gasteiger charge is 2.18. The summed E-state index contributed by atoms with van der Waals surface area (Å²) in [6.07, 6.45) is 0. The smallest absolute Gasteiger partial charge is 0.313 e. The van der Waals surface area contributed by atoms with Crippen LogP contribution in [0.4, 0.5) is 11.4 Å². The fourth-order valence-electron chi connectivity index (χ4n) is 2.92. The van der Waals surface area contributed by atoms with E-state index < -0.39 is 11.8 Å². The summed E-state index contributed by atoms with van der Waals surface area (Å²) in [6, 6.07) is 14.5. The summed E-state index contributed by atoms with van der Waals surface area (Å²) >= 11 is 0. The van der Waals surface area contributed by atoms with Crippen molar-refractivity contribution in [3.63, 3.8) is 0 Å². The molecule has 0 atom stereocenters. The van der Waals surface area contributed by atoms with Crippen LogP contribution in [0.2, 0.25) is 0 Å². The molecule has 2 amide bonds. The van der Waals surface area contributed by atoms with E-state index in [0.29, 0.717) is 24.7 Å². The monoisotopic (exact) mass is 399 g/mol. The first-order chi connectivity index (χ1) is 14.2. The zero-order valence-corrected chi connectivity index (χ0v) is 16.3. The minimum Gasteiger partial charge on any atom is -0.497 e. The molecule has 8 heteroatoms. The number of methoxy groups -OCH3 is 1. The van der Waals surface area contributed by atoms with Gasteiger partial charge in [0.25, 0.3) is 0 Å². The third-order valence-electron chi connectivity index (χ3n) is 4.43. The van der Waals surface area contributed by atoms with Crippen LogP contribution in [-0.2, 0) is 14.3 Å². The van der Waals surface area contributed by atoms with E-state index in [0.717, 1.165) is 24.5 Å². The quantitative estimate of drug-likeness (QED) is 0.544. The Kier molecular flexibility index (Phi) is 7.29. The van der Waals surface area contributed by atoms with Gasteiger partial charge in [-0.2, -0.15) is 0 Å². The lowest BCUT2D eigenvalue weighted by atomic mass is 10.2. The summed E-state index contributed by atoms with van der Waals surface area (Å²) in [6.45, 7) is 3.20. The molecule has 2 aromatic carbocycles. The number of nitrogens with zero attached hydrogens (tertiary/aromatic N) is 1. The molecule has 1 aliphatic rings. The van der Waals surface area contributed by atoms with Gasteiger partial charge in [0.05, 0.1) is 38.2 Å². The second-order valence-electron chi connectivity index (χ2n) is 6.35. The molecule has 8 nitrogen and oxygen atoms in total. The first-order valence-electron chi connectivity index (χ1n) is 9.45. The fraction of sp³-hybridized carbons (Fsp3) is 0.333. The highest BCUT2D eigenvalue weighted by atomic mass is 16.5. The molecule has 2 N–H and O–H groups in total. The van der Waals surface area contributed by atoms with E-state index in [2.05, 4.69) is 15.5 Å². The summed E-state index contributed by atoms with van der Waals surface area (Å²) < 4.78 is 16.0. The third kappa shape index (κ3) is 5.86. The Morgan fingerprint density at radius 2 is 1.69 bits per heavy atom. The molecule has 0 spiro atoms. The van der Waals surface area contributed by atoms with E-state index in [1.54, 1.807) is 37.4 Å². The Balaban J connectivity index is 1.46. The Hall–Kier alpha value is -3.26. The SMILES string of the molecule is COc1ccc(OCCNC(=O)C(=O)Nc2ccccc2N2CCOCC2)cc1. The number of amides is 2. The lowest BCUT2D eigenvalue weighted by molar-refractivity contribution is -0.136. The summed E-state index contributed by atoms with van der Waals surface area (Å²) in [4.78, 5) is 26.5. The molecule has 1 fully saturated rings. The number of benzene rings is 2. The van der Waals surface area contributed by atoms with Crippen molar-refractivity contribution in [3.05, 3.63) is 48.5 Å². The number of anilines is 2.